The molecule has 116 valence electrons. The van der Waals surface area contributed by atoms with Crippen molar-refractivity contribution in [2.75, 3.05) is 6.61 Å². The molecule has 1 rings (SSSR count). The molecular weight excluding hydrogens is 258 g/mol. The quantitative estimate of drug-likeness (QED) is 0.755. The summed E-state index contributed by atoms with van der Waals surface area (Å²) in [5.41, 5.74) is 4.98. The Bertz CT molecular complexity index is 367. The maximum absolute atomic E-state index is 11.8. The summed E-state index contributed by atoms with van der Waals surface area (Å²) in [5.74, 6) is -0.465. The molecule has 0 heterocycles. The van der Waals surface area contributed by atoms with Gasteiger partial charge in [0.2, 0.25) is 0 Å². The molecular formula is C15H27NO4. The van der Waals surface area contributed by atoms with Gasteiger partial charge in [0.15, 0.2) is 0 Å². The third-order valence-electron chi connectivity index (χ3n) is 3.00. The molecule has 0 saturated heterocycles. The molecule has 1 fully saturated rings. The predicted octanol–water partition coefficient (Wildman–Crippen LogP) is 2.02. The van der Waals surface area contributed by atoms with Crippen molar-refractivity contribution in [2.24, 2.45) is 17.1 Å². The van der Waals surface area contributed by atoms with Crippen LogP contribution in [0.5, 0.6) is 0 Å². The fourth-order valence-corrected chi connectivity index (χ4v) is 1.82. The number of carbonyl (C=O) groups is 2. The highest BCUT2D eigenvalue weighted by atomic mass is 16.6. The zero-order chi connectivity index (χ0) is 15.6. The standard InChI is InChI=1S/C15H27NO4/c1-14(2,3)20-13(18)11(16)8-15(4,5)9-19-12(17)10-6-7-10/h10-11H,6-9,16H2,1-5H3. The van der Waals surface area contributed by atoms with E-state index in [0.29, 0.717) is 6.42 Å². The molecule has 1 atom stereocenters. The van der Waals surface area contributed by atoms with Crippen molar-refractivity contribution in [3.05, 3.63) is 0 Å². The Labute approximate surface area is 121 Å². The van der Waals surface area contributed by atoms with Gasteiger partial charge >= 0.3 is 11.9 Å². The lowest BCUT2D eigenvalue weighted by Crippen LogP contribution is -2.41. The van der Waals surface area contributed by atoms with Crippen LogP contribution in [0, 0.1) is 11.3 Å². The minimum Gasteiger partial charge on any atom is -0.465 e. The summed E-state index contributed by atoms with van der Waals surface area (Å²) in [4.78, 5) is 23.4. The number of hydrogen-bond acceptors (Lipinski definition) is 5. The second kappa shape index (κ2) is 6.12. The monoisotopic (exact) mass is 285 g/mol. The van der Waals surface area contributed by atoms with E-state index in [1.54, 1.807) is 20.8 Å². The molecule has 1 saturated carbocycles. The van der Waals surface area contributed by atoms with Gasteiger partial charge < -0.3 is 15.2 Å². The summed E-state index contributed by atoms with van der Waals surface area (Å²) in [5, 5.41) is 0. The largest absolute Gasteiger partial charge is 0.465 e. The first-order chi connectivity index (χ1) is 9.00. The number of ether oxygens (including phenoxy) is 2. The molecule has 0 aliphatic heterocycles. The summed E-state index contributed by atoms with van der Waals surface area (Å²) in [6, 6.07) is -0.705. The van der Waals surface area contributed by atoms with Crippen LogP contribution in [-0.2, 0) is 19.1 Å². The molecule has 0 aromatic carbocycles. The van der Waals surface area contributed by atoms with Gasteiger partial charge in [-0.3, -0.25) is 9.59 Å². The second-order valence-corrected chi connectivity index (χ2v) is 7.39. The number of hydrogen-bond donors (Lipinski definition) is 1. The maximum Gasteiger partial charge on any atom is 0.323 e. The van der Waals surface area contributed by atoms with Crippen LogP contribution in [0.1, 0.15) is 53.9 Å². The Balaban J connectivity index is 2.39. The Morgan fingerprint density at radius 1 is 1.20 bits per heavy atom. The SMILES string of the molecule is CC(C)(COC(=O)C1CC1)CC(N)C(=O)OC(C)(C)C. The summed E-state index contributed by atoms with van der Waals surface area (Å²) in [7, 11) is 0. The number of carbonyl (C=O) groups excluding carboxylic acids is 2. The Hall–Kier alpha value is -1.10. The van der Waals surface area contributed by atoms with Crippen LogP contribution in [0.4, 0.5) is 0 Å². The molecule has 0 radical (unpaired) electrons. The predicted molar refractivity (Wildman–Crippen MR) is 75.9 cm³/mol. The molecule has 0 spiro atoms. The second-order valence-electron chi connectivity index (χ2n) is 7.39. The van der Waals surface area contributed by atoms with Crippen LogP contribution >= 0.6 is 0 Å². The number of rotatable bonds is 6. The smallest absolute Gasteiger partial charge is 0.323 e. The van der Waals surface area contributed by atoms with Crippen LogP contribution < -0.4 is 5.73 Å². The first-order valence-corrected chi connectivity index (χ1v) is 7.15. The maximum atomic E-state index is 11.8. The van der Waals surface area contributed by atoms with Crippen molar-refractivity contribution in [2.45, 2.75) is 65.5 Å². The first-order valence-electron chi connectivity index (χ1n) is 7.15. The molecule has 20 heavy (non-hydrogen) atoms. The minimum absolute atomic E-state index is 0.0883. The van der Waals surface area contributed by atoms with E-state index in [-0.39, 0.29) is 23.9 Å². The van der Waals surface area contributed by atoms with E-state index in [1.807, 2.05) is 13.8 Å². The number of esters is 2. The molecule has 0 aromatic rings. The summed E-state index contributed by atoms with van der Waals surface area (Å²) in [6.45, 7) is 9.55. The van der Waals surface area contributed by atoms with E-state index in [0.717, 1.165) is 12.8 Å². The highest BCUT2D eigenvalue weighted by Crippen LogP contribution is 2.31. The third-order valence-corrected chi connectivity index (χ3v) is 3.00. The fourth-order valence-electron chi connectivity index (χ4n) is 1.82. The van der Waals surface area contributed by atoms with E-state index in [1.165, 1.54) is 0 Å². The molecule has 2 N–H and O–H groups in total. The molecule has 5 nitrogen and oxygen atoms in total. The van der Waals surface area contributed by atoms with Crippen LogP contribution in [0.3, 0.4) is 0 Å². The average Bonchev–Trinajstić information content (AvgIpc) is 3.06. The lowest BCUT2D eigenvalue weighted by Gasteiger charge is -2.28. The van der Waals surface area contributed by atoms with E-state index in [9.17, 15) is 9.59 Å². The van der Waals surface area contributed by atoms with Crippen molar-refractivity contribution < 1.29 is 19.1 Å². The van der Waals surface area contributed by atoms with E-state index in [2.05, 4.69) is 0 Å². The molecule has 5 heteroatoms. The van der Waals surface area contributed by atoms with Gasteiger partial charge in [0.1, 0.15) is 11.6 Å². The summed E-state index contributed by atoms with van der Waals surface area (Å²) >= 11 is 0. The van der Waals surface area contributed by atoms with E-state index >= 15 is 0 Å². The Morgan fingerprint density at radius 2 is 1.75 bits per heavy atom. The average molecular weight is 285 g/mol. The van der Waals surface area contributed by atoms with Crippen LogP contribution in [0.15, 0.2) is 0 Å². The molecule has 1 unspecified atom stereocenters. The van der Waals surface area contributed by atoms with Crippen LogP contribution in [0.25, 0.3) is 0 Å². The zero-order valence-electron chi connectivity index (χ0n) is 13.2. The van der Waals surface area contributed by atoms with Gasteiger partial charge in [-0.15, -0.1) is 0 Å². The van der Waals surface area contributed by atoms with E-state index in [4.69, 9.17) is 15.2 Å². The summed E-state index contributed by atoms with van der Waals surface area (Å²) < 4.78 is 10.5. The first kappa shape index (κ1) is 17.0. The lowest BCUT2D eigenvalue weighted by atomic mass is 9.87. The molecule has 1 aliphatic carbocycles. The normalized spacial score (nSPS) is 17.5. The van der Waals surface area contributed by atoms with Gasteiger partial charge in [0.05, 0.1) is 12.5 Å². The van der Waals surface area contributed by atoms with Gasteiger partial charge in [-0.1, -0.05) is 13.8 Å². The third kappa shape index (κ3) is 6.37. The van der Waals surface area contributed by atoms with Crippen molar-refractivity contribution in [3.63, 3.8) is 0 Å². The van der Waals surface area contributed by atoms with Gasteiger partial charge in [-0.05, 0) is 40.0 Å². The summed E-state index contributed by atoms with van der Waals surface area (Å²) in [6.07, 6.45) is 2.27. The van der Waals surface area contributed by atoms with Gasteiger partial charge in [0.25, 0.3) is 0 Å². The van der Waals surface area contributed by atoms with Crippen molar-refractivity contribution >= 4 is 11.9 Å². The van der Waals surface area contributed by atoms with Gasteiger partial charge in [-0.2, -0.15) is 0 Å². The zero-order valence-corrected chi connectivity index (χ0v) is 13.2. The minimum atomic E-state index is -0.705. The highest BCUT2D eigenvalue weighted by molar-refractivity contribution is 5.76. The lowest BCUT2D eigenvalue weighted by molar-refractivity contribution is -0.157. The topological polar surface area (TPSA) is 78.6 Å². The van der Waals surface area contributed by atoms with Crippen molar-refractivity contribution in [3.8, 4) is 0 Å². The van der Waals surface area contributed by atoms with Gasteiger partial charge in [0, 0.05) is 5.41 Å². The van der Waals surface area contributed by atoms with Crippen molar-refractivity contribution in [1.29, 1.82) is 0 Å². The van der Waals surface area contributed by atoms with Gasteiger partial charge in [-0.25, -0.2) is 0 Å². The number of nitrogens with two attached hydrogens (primary N) is 1. The fraction of sp³-hybridized carbons (Fsp3) is 0.867. The molecule has 0 aromatic heterocycles. The molecule has 0 amide bonds. The van der Waals surface area contributed by atoms with Crippen LogP contribution in [0.2, 0.25) is 0 Å². The Kier molecular flexibility index (Phi) is 5.19. The van der Waals surface area contributed by atoms with E-state index < -0.39 is 17.6 Å². The van der Waals surface area contributed by atoms with Crippen molar-refractivity contribution in [1.82, 2.24) is 0 Å². The molecule has 0 bridgehead atoms. The highest BCUT2D eigenvalue weighted by Gasteiger charge is 2.34. The van der Waals surface area contributed by atoms with Crippen LogP contribution in [-0.4, -0.2) is 30.2 Å². The Morgan fingerprint density at radius 3 is 2.20 bits per heavy atom. The molecule has 1 aliphatic rings.